The van der Waals surface area contributed by atoms with Crippen LogP contribution in [0.4, 0.5) is 0 Å². The van der Waals surface area contributed by atoms with Crippen molar-refractivity contribution in [3.05, 3.63) is 70.5 Å². The van der Waals surface area contributed by atoms with Crippen molar-refractivity contribution in [2.75, 3.05) is 26.2 Å². The van der Waals surface area contributed by atoms with Crippen LogP contribution in [0.5, 0.6) is 0 Å². The van der Waals surface area contributed by atoms with Crippen LogP contribution in [0.25, 0.3) is 5.69 Å². The maximum absolute atomic E-state index is 13.0. The first-order valence-corrected chi connectivity index (χ1v) is 11.3. The van der Waals surface area contributed by atoms with Crippen LogP contribution in [0, 0.1) is 0 Å². The number of nitrogens with zero attached hydrogens (tertiary/aromatic N) is 5. The van der Waals surface area contributed by atoms with Gasteiger partial charge in [-0.25, -0.2) is 8.42 Å². The van der Waals surface area contributed by atoms with Crippen molar-refractivity contribution in [3.63, 3.8) is 0 Å². The molecule has 1 aliphatic rings. The summed E-state index contributed by atoms with van der Waals surface area (Å²) in [7, 11) is -3.87. The molecule has 1 amide bonds. The Balaban J connectivity index is 1.46. The van der Waals surface area contributed by atoms with Crippen LogP contribution in [0.1, 0.15) is 10.5 Å². The third-order valence-electron chi connectivity index (χ3n) is 4.74. The lowest BCUT2D eigenvalue weighted by atomic mass is 10.3. The van der Waals surface area contributed by atoms with Gasteiger partial charge in [0.25, 0.3) is 5.91 Å². The molecule has 3 aromatic rings. The summed E-state index contributed by atoms with van der Waals surface area (Å²) in [4.78, 5) is 15.6. The van der Waals surface area contributed by atoms with Crippen molar-refractivity contribution >= 4 is 39.1 Å². The highest BCUT2D eigenvalue weighted by Gasteiger charge is 2.33. The van der Waals surface area contributed by atoms with Crippen LogP contribution in [-0.4, -0.2) is 64.7 Å². The van der Waals surface area contributed by atoms with Gasteiger partial charge in [-0.05, 0) is 24.3 Å². The van der Waals surface area contributed by atoms with E-state index in [0.29, 0.717) is 0 Å². The molecule has 0 radical (unpaired) electrons. The molecule has 0 unspecified atom stereocenters. The first-order valence-electron chi connectivity index (χ1n) is 9.09. The molecular weight excluding hydrogens is 449 g/mol. The minimum absolute atomic E-state index is 0.0681. The summed E-state index contributed by atoms with van der Waals surface area (Å²) in [5.74, 6) is -0.301. The van der Waals surface area contributed by atoms with Gasteiger partial charge in [0, 0.05) is 26.2 Å². The van der Waals surface area contributed by atoms with Gasteiger partial charge < -0.3 is 4.90 Å². The number of hydrogen-bond donors (Lipinski definition) is 0. The highest BCUT2D eigenvalue weighted by atomic mass is 35.5. The van der Waals surface area contributed by atoms with E-state index < -0.39 is 10.0 Å². The van der Waals surface area contributed by atoms with E-state index in [1.165, 1.54) is 27.4 Å². The van der Waals surface area contributed by atoms with Crippen molar-refractivity contribution in [1.29, 1.82) is 0 Å². The average molecular weight is 466 g/mol. The van der Waals surface area contributed by atoms with E-state index in [4.69, 9.17) is 23.2 Å². The molecule has 30 heavy (non-hydrogen) atoms. The summed E-state index contributed by atoms with van der Waals surface area (Å²) < 4.78 is 27.2. The smallest absolute Gasteiger partial charge is 0.276 e. The molecule has 2 aromatic carbocycles. The lowest BCUT2D eigenvalue weighted by molar-refractivity contribution is 0.0691. The van der Waals surface area contributed by atoms with E-state index in [1.54, 1.807) is 11.0 Å². The molecule has 0 atom stereocenters. The Morgan fingerprint density at radius 2 is 1.53 bits per heavy atom. The predicted octanol–water partition coefficient (Wildman–Crippen LogP) is 2.72. The monoisotopic (exact) mass is 465 g/mol. The lowest BCUT2D eigenvalue weighted by Crippen LogP contribution is -2.50. The number of hydrogen-bond acceptors (Lipinski definition) is 5. The van der Waals surface area contributed by atoms with Gasteiger partial charge in [-0.3, -0.25) is 4.79 Å². The lowest BCUT2D eigenvalue weighted by Gasteiger charge is -2.33. The average Bonchev–Trinajstić information content (AvgIpc) is 3.24. The zero-order valence-electron chi connectivity index (χ0n) is 15.6. The number of para-hydroxylation sites is 1. The Labute approximate surface area is 183 Å². The van der Waals surface area contributed by atoms with Crippen LogP contribution in [-0.2, 0) is 10.0 Å². The summed E-state index contributed by atoms with van der Waals surface area (Å²) in [6.07, 6.45) is 1.40. The number of amides is 1. The van der Waals surface area contributed by atoms with Gasteiger partial charge in [0.1, 0.15) is 4.90 Å². The fourth-order valence-corrected chi connectivity index (χ4v) is 5.71. The molecule has 4 rings (SSSR count). The van der Waals surface area contributed by atoms with Gasteiger partial charge in [-0.15, -0.1) is 5.10 Å². The van der Waals surface area contributed by atoms with Gasteiger partial charge in [0.15, 0.2) is 5.69 Å². The van der Waals surface area contributed by atoms with Gasteiger partial charge >= 0.3 is 0 Å². The summed E-state index contributed by atoms with van der Waals surface area (Å²) in [5, 5.41) is 8.52. The zero-order chi connectivity index (χ0) is 21.3. The second-order valence-corrected chi connectivity index (χ2v) is 9.29. The van der Waals surface area contributed by atoms with Crippen molar-refractivity contribution in [3.8, 4) is 5.69 Å². The summed E-state index contributed by atoms with van der Waals surface area (Å²) in [5.41, 5.74) is 0.938. The van der Waals surface area contributed by atoms with Gasteiger partial charge in [-0.2, -0.15) is 14.2 Å². The molecule has 1 saturated heterocycles. The second-order valence-electron chi connectivity index (χ2n) is 6.60. The molecule has 0 N–H and O–H groups in total. The molecular formula is C19H17Cl2N5O3S. The van der Waals surface area contributed by atoms with Gasteiger partial charge in [-0.1, -0.05) is 47.5 Å². The number of carbonyl (C=O) groups is 1. The fourth-order valence-electron chi connectivity index (χ4n) is 3.20. The molecule has 0 bridgehead atoms. The molecule has 1 fully saturated rings. The molecule has 0 spiro atoms. The minimum Gasteiger partial charge on any atom is -0.335 e. The Hall–Kier alpha value is -2.46. The number of carbonyl (C=O) groups excluding carboxylic acids is 1. The second kappa shape index (κ2) is 8.35. The Morgan fingerprint density at radius 1 is 0.900 bits per heavy atom. The van der Waals surface area contributed by atoms with Crippen molar-refractivity contribution < 1.29 is 13.2 Å². The van der Waals surface area contributed by atoms with E-state index in [-0.39, 0.29) is 52.7 Å². The highest BCUT2D eigenvalue weighted by molar-refractivity contribution is 7.89. The summed E-state index contributed by atoms with van der Waals surface area (Å²) >= 11 is 12.1. The molecule has 0 saturated carbocycles. The van der Waals surface area contributed by atoms with Crippen molar-refractivity contribution in [2.45, 2.75) is 4.90 Å². The Kier molecular flexibility index (Phi) is 5.79. The molecule has 1 aromatic heterocycles. The van der Waals surface area contributed by atoms with Crippen molar-refractivity contribution in [1.82, 2.24) is 24.2 Å². The molecule has 156 valence electrons. The number of rotatable bonds is 4. The third-order valence-corrected chi connectivity index (χ3v) is 7.60. The topological polar surface area (TPSA) is 88.4 Å². The van der Waals surface area contributed by atoms with Crippen LogP contribution in [0.2, 0.25) is 10.0 Å². The summed E-state index contributed by atoms with van der Waals surface area (Å²) in [6.45, 7) is 0.696. The van der Waals surface area contributed by atoms with Gasteiger partial charge in [0.05, 0.1) is 21.9 Å². The van der Waals surface area contributed by atoms with E-state index in [1.807, 2.05) is 30.3 Å². The minimum atomic E-state index is -3.87. The maximum Gasteiger partial charge on any atom is 0.276 e. The molecule has 11 heteroatoms. The molecule has 0 aliphatic carbocycles. The van der Waals surface area contributed by atoms with Crippen LogP contribution in [0.15, 0.2) is 59.6 Å². The normalized spacial score (nSPS) is 15.3. The SMILES string of the molecule is O=C(c1cnn(-c2ccccc2)n1)N1CCN(S(=O)(=O)c2c(Cl)cccc2Cl)CC1. The standard InChI is InChI=1S/C19H17Cl2N5O3S/c20-15-7-4-8-16(21)18(15)30(28,29)25-11-9-24(10-12-25)19(27)17-13-22-26(23-17)14-5-2-1-3-6-14/h1-8,13H,9-12H2. The van der Waals surface area contributed by atoms with E-state index in [2.05, 4.69) is 10.2 Å². The van der Waals surface area contributed by atoms with Crippen LogP contribution >= 0.6 is 23.2 Å². The van der Waals surface area contributed by atoms with Gasteiger partial charge in [0.2, 0.25) is 10.0 Å². The first kappa shape index (κ1) is 20.8. The highest BCUT2D eigenvalue weighted by Crippen LogP contribution is 2.31. The maximum atomic E-state index is 13.0. The predicted molar refractivity (Wildman–Crippen MR) is 112 cm³/mol. The van der Waals surface area contributed by atoms with Crippen LogP contribution in [0.3, 0.4) is 0 Å². The number of benzene rings is 2. The number of halogens is 2. The zero-order valence-corrected chi connectivity index (χ0v) is 18.0. The Bertz CT molecular complexity index is 1160. The number of aromatic nitrogens is 3. The number of piperazine rings is 1. The third kappa shape index (κ3) is 3.93. The van der Waals surface area contributed by atoms with E-state index >= 15 is 0 Å². The Morgan fingerprint density at radius 3 is 2.17 bits per heavy atom. The molecule has 1 aliphatic heterocycles. The van der Waals surface area contributed by atoms with Crippen LogP contribution < -0.4 is 0 Å². The van der Waals surface area contributed by atoms with E-state index in [9.17, 15) is 13.2 Å². The van der Waals surface area contributed by atoms with Crippen molar-refractivity contribution in [2.24, 2.45) is 0 Å². The van der Waals surface area contributed by atoms with E-state index in [0.717, 1.165) is 5.69 Å². The quantitative estimate of drug-likeness (QED) is 0.590. The number of sulfonamides is 1. The summed E-state index contributed by atoms with van der Waals surface area (Å²) in [6, 6.07) is 13.8. The molecule has 2 heterocycles. The first-order chi connectivity index (χ1) is 14.4. The fraction of sp³-hybridized carbons (Fsp3) is 0.211. The molecule has 8 nitrogen and oxygen atoms in total. The largest absolute Gasteiger partial charge is 0.335 e.